The quantitative estimate of drug-likeness (QED) is 0.496. The van der Waals surface area contributed by atoms with Crippen LogP contribution in [0.4, 0.5) is 22.0 Å². The monoisotopic (exact) mass is 439 g/mol. The lowest BCUT2D eigenvalue weighted by Crippen LogP contribution is -2.25. The Labute approximate surface area is 170 Å². The molecule has 0 atom stereocenters. The molecule has 12 heteroatoms. The van der Waals surface area contributed by atoms with Crippen LogP contribution in [0, 0.1) is 11.6 Å². The second kappa shape index (κ2) is 7.01. The molecule has 0 radical (unpaired) electrons. The fraction of sp³-hybridized carbons (Fsp3) is 0.211. The summed E-state index contributed by atoms with van der Waals surface area (Å²) in [5.74, 6) is -2.73. The highest BCUT2D eigenvalue weighted by molar-refractivity contribution is 5.97. The highest BCUT2D eigenvalue weighted by Crippen LogP contribution is 2.42. The zero-order valence-electron chi connectivity index (χ0n) is 16.1. The number of rotatable bonds is 3. The molecule has 0 fully saturated rings. The van der Waals surface area contributed by atoms with Gasteiger partial charge in [-0.2, -0.15) is 13.2 Å². The van der Waals surface area contributed by atoms with E-state index < -0.39 is 58.0 Å². The number of hydrogen-bond donors (Lipinski definition) is 1. The van der Waals surface area contributed by atoms with E-state index in [1.807, 2.05) is 0 Å². The Balaban J connectivity index is 2.37. The summed E-state index contributed by atoms with van der Waals surface area (Å²) in [5.41, 5.74) is 1.69. The first-order valence-corrected chi connectivity index (χ1v) is 8.79. The maximum atomic E-state index is 14.4. The van der Waals surface area contributed by atoms with Crippen LogP contribution in [0.2, 0.25) is 0 Å². The Kier molecular flexibility index (Phi) is 4.69. The van der Waals surface area contributed by atoms with Crippen molar-refractivity contribution < 1.29 is 26.7 Å². The summed E-state index contributed by atoms with van der Waals surface area (Å²) in [5, 5.41) is -0.315. The Morgan fingerprint density at radius 3 is 2.55 bits per heavy atom. The third kappa shape index (κ3) is 3.02. The second-order valence-corrected chi connectivity index (χ2v) is 6.64. The lowest BCUT2D eigenvalue weighted by atomic mass is 9.94. The summed E-state index contributed by atoms with van der Waals surface area (Å²) in [6.07, 6.45) is -2.37. The maximum absolute atomic E-state index is 14.4. The van der Waals surface area contributed by atoms with Gasteiger partial charge < -0.3 is 10.5 Å². The van der Waals surface area contributed by atoms with Crippen LogP contribution in [-0.2, 0) is 19.8 Å². The molecule has 0 unspecified atom stereocenters. The molecular formula is C19H14F5N5O2. The van der Waals surface area contributed by atoms with Crippen LogP contribution in [0.5, 0.6) is 5.75 Å². The van der Waals surface area contributed by atoms with Crippen molar-refractivity contribution in [2.24, 2.45) is 12.8 Å². The number of pyridine rings is 1. The van der Waals surface area contributed by atoms with Crippen molar-refractivity contribution in [2.45, 2.75) is 12.7 Å². The summed E-state index contributed by atoms with van der Waals surface area (Å²) in [4.78, 5) is 20.8. The summed E-state index contributed by atoms with van der Waals surface area (Å²) < 4.78 is 77.5. The van der Waals surface area contributed by atoms with Gasteiger partial charge in [-0.15, -0.1) is 0 Å². The van der Waals surface area contributed by atoms with Crippen LogP contribution in [0.25, 0.3) is 27.9 Å². The normalized spacial score (nSPS) is 12.1. The van der Waals surface area contributed by atoms with Crippen LogP contribution >= 0.6 is 0 Å². The molecule has 4 rings (SSSR count). The number of fused-ring (bicyclic) bond motifs is 3. The van der Waals surface area contributed by atoms with Gasteiger partial charge >= 0.3 is 6.18 Å². The molecule has 0 spiro atoms. The van der Waals surface area contributed by atoms with E-state index in [4.69, 9.17) is 10.5 Å². The van der Waals surface area contributed by atoms with Crippen LogP contribution in [0.1, 0.15) is 11.3 Å². The van der Waals surface area contributed by atoms with Crippen molar-refractivity contribution in [1.29, 1.82) is 0 Å². The highest BCUT2D eigenvalue weighted by atomic mass is 19.4. The molecule has 0 saturated heterocycles. The molecule has 7 nitrogen and oxygen atoms in total. The topological polar surface area (TPSA) is 87.4 Å². The summed E-state index contributed by atoms with van der Waals surface area (Å²) in [7, 11) is 2.43. The van der Waals surface area contributed by atoms with Crippen LogP contribution < -0.4 is 16.0 Å². The number of nitrogens with zero attached hydrogens (tertiary/aromatic N) is 4. The number of imidazole rings is 1. The number of nitrogens with two attached hydrogens (primary N) is 1. The number of hydrogen-bond acceptors (Lipinski definition) is 5. The lowest BCUT2D eigenvalue weighted by Gasteiger charge is -2.20. The number of aryl methyl sites for hydroxylation is 1. The van der Waals surface area contributed by atoms with E-state index in [0.29, 0.717) is 6.07 Å². The van der Waals surface area contributed by atoms with Gasteiger partial charge in [0.2, 0.25) is 5.78 Å². The van der Waals surface area contributed by atoms with Crippen molar-refractivity contribution in [2.75, 3.05) is 7.11 Å². The van der Waals surface area contributed by atoms with Crippen molar-refractivity contribution in [3.63, 3.8) is 0 Å². The van der Waals surface area contributed by atoms with Crippen molar-refractivity contribution in [3.05, 3.63) is 57.8 Å². The van der Waals surface area contributed by atoms with Crippen LogP contribution in [0.15, 0.2) is 29.3 Å². The minimum Gasteiger partial charge on any atom is -0.493 e. The van der Waals surface area contributed by atoms with E-state index in [1.165, 1.54) is 23.8 Å². The van der Waals surface area contributed by atoms with Crippen LogP contribution in [-0.4, -0.2) is 26.0 Å². The summed E-state index contributed by atoms with van der Waals surface area (Å²) >= 11 is 0. The molecule has 0 amide bonds. The van der Waals surface area contributed by atoms with Gasteiger partial charge in [0.25, 0.3) is 5.56 Å². The molecule has 31 heavy (non-hydrogen) atoms. The van der Waals surface area contributed by atoms with Gasteiger partial charge in [0.1, 0.15) is 5.82 Å². The van der Waals surface area contributed by atoms with Gasteiger partial charge in [0.15, 0.2) is 22.9 Å². The van der Waals surface area contributed by atoms with Gasteiger partial charge in [0, 0.05) is 48.7 Å². The van der Waals surface area contributed by atoms with Crippen molar-refractivity contribution in [1.82, 2.24) is 18.9 Å². The average Bonchev–Trinajstić information content (AvgIpc) is 3.19. The van der Waals surface area contributed by atoms with Gasteiger partial charge in [-0.05, 0) is 6.07 Å². The molecule has 1 aromatic carbocycles. The van der Waals surface area contributed by atoms with Crippen LogP contribution in [0.3, 0.4) is 0 Å². The van der Waals surface area contributed by atoms with E-state index in [2.05, 4.69) is 9.97 Å². The molecule has 0 aliphatic heterocycles. The zero-order valence-corrected chi connectivity index (χ0v) is 16.1. The minimum atomic E-state index is -4.97. The third-order valence-corrected chi connectivity index (χ3v) is 4.90. The molecule has 3 heterocycles. The highest BCUT2D eigenvalue weighted by Gasteiger charge is 2.38. The molecule has 162 valence electrons. The number of benzene rings is 1. The van der Waals surface area contributed by atoms with E-state index in [-0.39, 0.29) is 16.8 Å². The van der Waals surface area contributed by atoms with Gasteiger partial charge in [-0.25, -0.2) is 18.7 Å². The molecule has 4 aromatic rings. The first-order chi connectivity index (χ1) is 14.6. The molecule has 0 bridgehead atoms. The maximum Gasteiger partial charge on any atom is 0.433 e. The van der Waals surface area contributed by atoms with Gasteiger partial charge in [-0.3, -0.25) is 13.8 Å². The fourth-order valence-corrected chi connectivity index (χ4v) is 3.64. The first kappa shape index (κ1) is 20.7. The Morgan fingerprint density at radius 1 is 1.23 bits per heavy atom. The lowest BCUT2D eigenvalue weighted by molar-refractivity contribution is -0.141. The molecule has 0 aliphatic carbocycles. The summed E-state index contributed by atoms with van der Waals surface area (Å²) in [6, 6.07) is 1.30. The number of methoxy groups -OCH3 is 1. The molecule has 0 saturated carbocycles. The average molecular weight is 439 g/mol. The third-order valence-electron chi connectivity index (χ3n) is 4.90. The zero-order chi connectivity index (χ0) is 22.7. The Hall–Kier alpha value is -3.54. The van der Waals surface area contributed by atoms with Gasteiger partial charge in [0.05, 0.1) is 12.5 Å². The van der Waals surface area contributed by atoms with E-state index in [0.717, 1.165) is 17.7 Å². The fourth-order valence-electron chi connectivity index (χ4n) is 3.64. The van der Waals surface area contributed by atoms with Gasteiger partial charge in [-0.1, -0.05) is 0 Å². The molecule has 2 N–H and O–H groups in total. The van der Waals surface area contributed by atoms with E-state index in [1.54, 1.807) is 0 Å². The summed E-state index contributed by atoms with van der Waals surface area (Å²) in [6.45, 7) is -0.709. The minimum absolute atomic E-state index is 0.0296. The molecular weight excluding hydrogens is 425 g/mol. The smallest absolute Gasteiger partial charge is 0.433 e. The molecule has 3 aromatic heterocycles. The second-order valence-electron chi connectivity index (χ2n) is 6.64. The van der Waals surface area contributed by atoms with E-state index in [9.17, 15) is 26.7 Å². The SMILES string of the molecule is COc1c(F)cc(F)cc1-c1c(CN)c(C(F)(F)F)nc2c1c(=O)n(C)c1nccn21. The first-order valence-electron chi connectivity index (χ1n) is 8.79. The Bertz CT molecular complexity index is 1410. The number of ether oxygens (including phenoxy) is 1. The molecule has 0 aliphatic rings. The Morgan fingerprint density at radius 2 is 1.94 bits per heavy atom. The van der Waals surface area contributed by atoms with E-state index >= 15 is 0 Å². The van der Waals surface area contributed by atoms with Crippen molar-refractivity contribution >= 4 is 16.8 Å². The number of halogens is 5. The predicted octanol–water partition coefficient (Wildman–Crippen LogP) is 3.01. The largest absolute Gasteiger partial charge is 0.493 e. The van der Waals surface area contributed by atoms with Crippen molar-refractivity contribution in [3.8, 4) is 16.9 Å². The standard InChI is InChI=1S/C19H14F5N5O2/c1-28-17(30)13-12(9-5-8(20)6-11(21)14(9)31-2)10(7-25)15(19(22,23)24)27-16(13)29-4-3-26-18(28)29/h3-6H,7,25H2,1-2H3. The predicted molar refractivity (Wildman–Crippen MR) is 101 cm³/mol. The number of alkyl halides is 3. The number of aromatic nitrogens is 4.